The molecule has 0 aliphatic carbocycles. The third-order valence-corrected chi connectivity index (χ3v) is 3.97. The summed E-state index contributed by atoms with van der Waals surface area (Å²) >= 11 is 0. The van der Waals surface area contributed by atoms with E-state index in [2.05, 4.69) is 4.84 Å². The molecule has 0 spiro atoms. The minimum absolute atomic E-state index is 0.00133. The van der Waals surface area contributed by atoms with E-state index in [0.29, 0.717) is 12.4 Å². The summed E-state index contributed by atoms with van der Waals surface area (Å²) in [5.41, 5.74) is 1.13. The van der Waals surface area contributed by atoms with E-state index in [1.807, 2.05) is 38.1 Å². The van der Waals surface area contributed by atoms with Crippen molar-refractivity contribution in [2.24, 2.45) is 0 Å². The third kappa shape index (κ3) is 11.1. The van der Waals surface area contributed by atoms with Gasteiger partial charge in [-0.1, -0.05) is 12.1 Å². The molecule has 0 aromatic heterocycles. The first kappa shape index (κ1) is 25.2. The number of aliphatic hydroxyl groups is 1. The second-order valence-corrected chi connectivity index (χ2v) is 6.63. The lowest BCUT2D eigenvalue weighted by Crippen LogP contribution is -2.45. The standard InChI is InChI=1S/C19H32N2O8/c1-15(2)20(19(23)14-27-10-11-29-21(24)25)12-17(22)13-28-18-6-4-16(5-7-18)8-9-26-3/h4-7,15,17,22,24-25H,8-14H2,1-3H3. The van der Waals surface area contributed by atoms with Crippen LogP contribution in [0.4, 0.5) is 0 Å². The first-order valence-electron chi connectivity index (χ1n) is 9.40. The predicted molar refractivity (Wildman–Crippen MR) is 103 cm³/mol. The first-order chi connectivity index (χ1) is 13.8. The number of ether oxygens (including phenoxy) is 3. The van der Waals surface area contributed by atoms with Crippen LogP contribution in [0, 0.1) is 0 Å². The van der Waals surface area contributed by atoms with Gasteiger partial charge in [0.25, 0.3) is 0 Å². The zero-order valence-electron chi connectivity index (χ0n) is 17.2. The topological polar surface area (TPSA) is 121 Å². The van der Waals surface area contributed by atoms with E-state index in [-0.39, 0.29) is 44.9 Å². The van der Waals surface area contributed by atoms with Crippen LogP contribution < -0.4 is 4.74 Å². The van der Waals surface area contributed by atoms with E-state index < -0.39 is 11.5 Å². The van der Waals surface area contributed by atoms with Gasteiger partial charge in [-0.3, -0.25) is 15.2 Å². The SMILES string of the molecule is COCCc1ccc(OCC(O)CN(C(=O)COCCON(O)O)C(C)C)cc1. The van der Waals surface area contributed by atoms with Gasteiger partial charge in [0, 0.05) is 13.2 Å². The van der Waals surface area contributed by atoms with E-state index in [0.717, 1.165) is 12.0 Å². The number of hydrogen-bond donors (Lipinski definition) is 3. The van der Waals surface area contributed by atoms with Crippen molar-refractivity contribution in [3.05, 3.63) is 29.8 Å². The highest BCUT2D eigenvalue weighted by atomic mass is 17.1. The van der Waals surface area contributed by atoms with Gasteiger partial charge in [0.1, 0.15) is 25.1 Å². The quantitative estimate of drug-likeness (QED) is 0.283. The number of aliphatic hydroxyl groups excluding tert-OH is 1. The Hall–Kier alpha value is -1.79. The Kier molecular flexibility index (Phi) is 12.4. The summed E-state index contributed by atoms with van der Waals surface area (Å²) < 4.78 is 15.8. The number of hydrogen-bond acceptors (Lipinski definition) is 9. The van der Waals surface area contributed by atoms with Crippen molar-refractivity contribution in [1.29, 1.82) is 0 Å². The summed E-state index contributed by atoms with van der Waals surface area (Å²) in [7, 11) is 1.66. The van der Waals surface area contributed by atoms with Gasteiger partial charge in [0.05, 0.1) is 31.8 Å². The summed E-state index contributed by atoms with van der Waals surface area (Å²) in [6.45, 7) is 4.13. The molecule has 0 bridgehead atoms. The molecule has 0 radical (unpaired) electrons. The maximum atomic E-state index is 12.3. The maximum Gasteiger partial charge on any atom is 0.248 e. The average molecular weight is 416 g/mol. The molecule has 0 aliphatic rings. The average Bonchev–Trinajstić information content (AvgIpc) is 2.68. The lowest BCUT2D eigenvalue weighted by Gasteiger charge is -2.29. The molecule has 1 atom stereocenters. The van der Waals surface area contributed by atoms with Gasteiger partial charge in [-0.15, -0.1) is 0 Å². The molecule has 1 aromatic rings. The van der Waals surface area contributed by atoms with Crippen LogP contribution in [0.1, 0.15) is 19.4 Å². The molecule has 3 N–H and O–H groups in total. The van der Waals surface area contributed by atoms with Crippen molar-refractivity contribution < 1.29 is 39.4 Å². The van der Waals surface area contributed by atoms with E-state index in [9.17, 15) is 9.90 Å². The predicted octanol–water partition coefficient (Wildman–Crippen LogP) is 0.881. The second kappa shape index (κ2) is 14.2. The summed E-state index contributed by atoms with van der Waals surface area (Å²) in [4.78, 5) is 18.1. The normalized spacial score (nSPS) is 12.4. The smallest absolute Gasteiger partial charge is 0.248 e. The fourth-order valence-electron chi connectivity index (χ4n) is 2.47. The van der Waals surface area contributed by atoms with Gasteiger partial charge in [0.2, 0.25) is 5.91 Å². The van der Waals surface area contributed by atoms with Crippen LogP contribution in [-0.4, -0.2) is 90.6 Å². The summed E-state index contributed by atoms with van der Waals surface area (Å²) in [6.07, 6.45) is -0.0488. The van der Waals surface area contributed by atoms with Gasteiger partial charge in [-0.25, -0.2) is 4.84 Å². The lowest BCUT2D eigenvalue weighted by atomic mass is 10.1. The molecule has 1 unspecified atom stereocenters. The molecule has 166 valence electrons. The number of methoxy groups -OCH3 is 1. The van der Waals surface area contributed by atoms with Gasteiger partial charge < -0.3 is 24.2 Å². The largest absolute Gasteiger partial charge is 0.491 e. The van der Waals surface area contributed by atoms with Gasteiger partial charge in [-0.05, 0) is 38.0 Å². The fraction of sp³-hybridized carbons (Fsp3) is 0.632. The zero-order valence-corrected chi connectivity index (χ0v) is 17.2. The molecule has 0 saturated heterocycles. The molecule has 1 aromatic carbocycles. The number of carbonyl (C=O) groups is 1. The summed E-state index contributed by atoms with van der Waals surface area (Å²) in [5.74, 6) is 0.337. The molecule has 0 aliphatic heterocycles. The van der Waals surface area contributed by atoms with Crippen LogP contribution in [0.15, 0.2) is 24.3 Å². The number of rotatable bonds is 15. The van der Waals surface area contributed by atoms with Crippen molar-refractivity contribution in [3.8, 4) is 5.75 Å². The second-order valence-electron chi connectivity index (χ2n) is 6.63. The monoisotopic (exact) mass is 416 g/mol. The Labute approximate surface area is 171 Å². The molecular formula is C19H32N2O8. The van der Waals surface area contributed by atoms with E-state index >= 15 is 0 Å². The Morgan fingerprint density at radius 3 is 2.38 bits per heavy atom. The van der Waals surface area contributed by atoms with Crippen molar-refractivity contribution in [2.75, 3.05) is 46.7 Å². The van der Waals surface area contributed by atoms with Crippen LogP contribution in [0.25, 0.3) is 0 Å². The first-order valence-corrected chi connectivity index (χ1v) is 9.40. The highest BCUT2D eigenvalue weighted by molar-refractivity contribution is 5.77. The summed E-state index contributed by atoms with van der Waals surface area (Å²) in [5, 5.41) is 26.6. The number of carbonyl (C=O) groups excluding carboxylic acids is 1. The molecule has 29 heavy (non-hydrogen) atoms. The third-order valence-electron chi connectivity index (χ3n) is 3.97. The van der Waals surface area contributed by atoms with Crippen molar-refractivity contribution in [3.63, 3.8) is 0 Å². The van der Waals surface area contributed by atoms with E-state index in [1.54, 1.807) is 7.11 Å². The van der Waals surface area contributed by atoms with Gasteiger partial charge in [0.15, 0.2) is 0 Å². The molecule has 10 heteroatoms. The number of amides is 1. The zero-order chi connectivity index (χ0) is 21.6. The highest BCUT2D eigenvalue weighted by Crippen LogP contribution is 2.13. The maximum absolute atomic E-state index is 12.3. The Balaban J connectivity index is 2.39. The van der Waals surface area contributed by atoms with E-state index in [4.69, 9.17) is 24.6 Å². The highest BCUT2D eigenvalue weighted by Gasteiger charge is 2.21. The Morgan fingerprint density at radius 1 is 1.10 bits per heavy atom. The summed E-state index contributed by atoms with van der Waals surface area (Å²) in [6, 6.07) is 7.41. The lowest BCUT2D eigenvalue weighted by molar-refractivity contribution is -0.493. The van der Waals surface area contributed by atoms with Gasteiger partial charge in [-0.2, -0.15) is 0 Å². The van der Waals surface area contributed by atoms with Crippen LogP contribution in [0.5, 0.6) is 5.75 Å². The van der Waals surface area contributed by atoms with Crippen LogP contribution in [-0.2, 0) is 25.5 Å². The molecular weight excluding hydrogens is 384 g/mol. The van der Waals surface area contributed by atoms with Crippen LogP contribution >= 0.6 is 0 Å². The van der Waals surface area contributed by atoms with Crippen LogP contribution in [0.3, 0.4) is 0 Å². The number of benzene rings is 1. The Bertz CT molecular complexity index is 568. The molecule has 0 saturated carbocycles. The van der Waals surface area contributed by atoms with Crippen LogP contribution in [0.2, 0.25) is 0 Å². The fourth-order valence-corrected chi connectivity index (χ4v) is 2.47. The minimum Gasteiger partial charge on any atom is -0.491 e. The van der Waals surface area contributed by atoms with E-state index in [1.165, 1.54) is 4.90 Å². The van der Waals surface area contributed by atoms with Crippen molar-refractivity contribution >= 4 is 5.91 Å². The van der Waals surface area contributed by atoms with Crippen molar-refractivity contribution in [1.82, 2.24) is 10.3 Å². The minimum atomic E-state index is -0.866. The molecule has 10 nitrogen and oxygen atoms in total. The van der Waals surface area contributed by atoms with Crippen molar-refractivity contribution in [2.45, 2.75) is 32.4 Å². The van der Waals surface area contributed by atoms with Gasteiger partial charge >= 0.3 is 0 Å². The molecule has 0 heterocycles. The molecule has 1 rings (SSSR count). The molecule has 1 amide bonds. The molecule has 0 fully saturated rings. The number of nitrogens with zero attached hydrogens (tertiary/aromatic N) is 2. The Morgan fingerprint density at radius 2 is 1.79 bits per heavy atom.